The van der Waals surface area contributed by atoms with Crippen molar-refractivity contribution in [3.8, 4) is 0 Å². The molecule has 1 atom stereocenters. The van der Waals surface area contributed by atoms with Gasteiger partial charge in [-0.1, -0.05) is 29.8 Å². The van der Waals surface area contributed by atoms with Gasteiger partial charge in [0, 0.05) is 17.8 Å². The first-order valence-corrected chi connectivity index (χ1v) is 8.47. The van der Waals surface area contributed by atoms with Crippen molar-refractivity contribution in [2.45, 2.75) is 46.6 Å². The van der Waals surface area contributed by atoms with E-state index in [2.05, 4.69) is 36.2 Å². The Morgan fingerprint density at radius 3 is 2.38 bits per heavy atom. The first-order valence-electron chi connectivity index (χ1n) is 8.47. The molecule has 1 unspecified atom stereocenters. The molecule has 1 aliphatic rings. The Labute approximate surface area is 142 Å². The normalized spacial score (nSPS) is 17.3. The molecule has 1 saturated heterocycles. The lowest BCUT2D eigenvalue weighted by atomic mass is 10.0. The molecule has 1 aromatic carbocycles. The molecule has 2 heterocycles. The van der Waals surface area contributed by atoms with Crippen molar-refractivity contribution < 1.29 is 9.59 Å². The predicted molar refractivity (Wildman–Crippen MR) is 94.5 cm³/mol. The molecule has 1 aliphatic heterocycles. The number of Topliss-reactive ketones (excluding diaryl/α,β-unsaturated/α-hetero) is 1. The van der Waals surface area contributed by atoms with Crippen LogP contribution in [0.2, 0.25) is 0 Å². The maximum Gasteiger partial charge on any atom is 0.271 e. The maximum atomic E-state index is 13.1. The summed E-state index contributed by atoms with van der Waals surface area (Å²) in [5.41, 5.74) is 5.13. The second-order valence-electron chi connectivity index (χ2n) is 6.75. The molecule has 4 heteroatoms. The third kappa shape index (κ3) is 2.77. The van der Waals surface area contributed by atoms with E-state index in [1.54, 1.807) is 6.92 Å². The number of aromatic nitrogens is 1. The number of amides is 1. The van der Waals surface area contributed by atoms with Gasteiger partial charge in [0.15, 0.2) is 5.78 Å². The molecule has 1 fully saturated rings. The van der Waals surface area contributed by atoms with Gasteiger partial charge < -0.3 is 9.88 Å². The maximum absolute atomic E-state index is 13.1. The molecule has 24 heavy (non-hydrogen) atoms. The number of H-pyrrole nitrogens is 1. The number of hydrogen-bond donors (Lipinski definition) is 1. The molecule has 1 amide bonds. The second-order valence-corrected chi connectivity index (χ2v) is 6.75. The fourth-order valence-corrected chi connectivity index (χ4v) is 3.78. The fraction of sp³-hybridized carbons (Fsp3) is 0.400. The molecule has 4 nitrogen and oxygen atoms in total. The van der Waals surface area contributed by atoms with Crippen LogP contribution in [0.5, 0.6) is 0 Å². The highest BCUT2D eigenvalue weighted by Crippen LogP contribution is 2.34. The van der Waals surface area contributed by atoms with Crippen molar-refractivity contribution in [2.24, 2.45) is 0 Å². The fourth-order valence-electron chi connectivity index (χ4n) is 3.78. The lowest BCUT2D eigenvalue weighted by molar-refractivity contribution is 0.0729. The summed E-state index contributed by atoms with van der Waals surface area (Å²) in [6.45, 7) is 8.06. The van der Waals surface area contributed by atoms with Gasteiger partial charge in [0.2, 0.25) is 0 Å². The molecule has 0 spiro atoms. The molecule has 126 valence electrons. The van der Waals surface area contributed by atoms with E-state index in [-0.39, 0.29) is 17.7 Å². The zero-order valence-corrected chi connectivity index (χ0v) is 14.8. The van der Waals surface area contributed by atoms with Crippen molar-refractivity contribution in [3.63, 3.8) is 0 Å². The molecule has 0 saturated carbocycles. The molecule has 0 radical (unpaired) electrons. The van der Waals surface area contributed by atoms with Crippen LogP contribution in [0.15, 0.2) is 24.3 Å². The monoisotopic (exact) mass is 324 g/mol. The van der Waals surface area contributed by atoms with E-state index >= 15 is 0 Å². The molecule has 3 rings (SSSR count). The van der Waals surface area contributed by atoms with Gasteiger partial charge in [-0.2, -0.15) is 0 Å². The largest absolute Gasteiger partial charge is 0.354 e. The van der Waals surface area contributed by atoms with Gasteiger partial charge in [0.05, 0.1) is 6.04 Å². The summed E-state index contributed by atoms with van der Waals surface area (Å²) in [5.74, 6) is -0.0111. The summed E-state index contributed by atoms with van der Waals surface area (Å²) < 4.78 is 0. The third-order valence-corrected chi connectivity index (χ3v) is 4.98. The van der Waals surface area contributed by atoms with Crippen LogP contribution < -0.4 is 0 Å². The lowest BCUT2D eigenvalue weighted by Crippen LogP contribution is -2.31. The third-order valence-electron chi connectivity index (χ3n) is 4.98. The lowest BCUT2D eigenvalue weighted by Gasteiger charge is -2.25. The van der Waals surface area contributed by atoms with E-state index < -0.39 is 0 Å². The molecule has 0 bridgehead atoms. The van der Waals surface area contributed by atoms with Crippen LogP contribution in [0.3, 0.4) is 0 Å². The SMILES string of the molecule is CC(=O)c1c(C)[nH]c(C(=O)N2CCCC2c2ccc(C)cc2)c1C. The van der Waals surface area contributed by atoms with E-state index in [1.807, 2.05) is 18.7 Å². The van der Waals surface area contributed by atoms with Crippen molar-refractivity contribution >= 4 is 11.7 Å². The van der Waals surface area contributed by atoms with Crippen LogP contribution in [0.25, 0.3) is 0 Å². The van der Waals surface area contributed by atoms with Crippen molar-refractivity contribution in [2.75, 3.05) is 6.54 Å². The number of nitrogens with one attached hydrogen (secondary N) is 1. The Balaban J connectivity index is 1.93. The molecule has 1 aromatic heterocycles. The quantitative estimate of drug-likeness (QED) is 0.864. The predicted octanol–water partition coefficient (Wildman–Crippen LogP) is 4.12. The number of ketones is 1. The van der Waals surface area contributed by atoms with E-state index in [0.29, 0.717) is 11.3 Å². The molecular weight excluding hydrogens is 300 g/mol. The Kier molecular flexibility index (Phi) is 4.31. The van der Waals surface area contributed by atoms with Gasteiger partial charge in [0.1, 0.15) is 5.69 Å². The number of aryl methyl sites for hydroxylation is 2. The minimum atomic E-state index is -0.00817. The number of nitrogens with zero attached hydrogens (tertiary/aromatic N) is 1. The zero-order chi connectivity index (χ0) is 17.4. The first-order chi connectivity index (χ1) is 11.4. The van der Waals surface area contributed by atoms with Crippen LogP contribution in [0.4, 0.5) is 0 Å². The van der Waals surface area contributed by atoms with Gasteiger partial charge in [-0.15, -0.1) is 0 Å². The van der Waals surface area contributed by atoms with E-state index in [4.69, 9.17) is 0 Å². The topological polar surface area (TPSA) is 53.2 Å². The van der Waals surface area contributed by atoms with E-state index in [1.165, 1.54) is 11.1 Å². The van der Waals surface area contributed by atoms with E-state index in [9.17, 15) is 9.59 Å². The van der Waals surface area contributed by atoms with Gasteiger partial charge in [-0.3, -0.25) is 9.59 Å². The number of rotatable bonds is 3. The Hall–Kier alpha value is -2.36. The number of carbonyl (C=O) groups is 2. The average Bonchev–Trinajstić information content (AvgIpc) is 3.12. The number of hydrogen-bond acceptors (Lipinski definition) is 2. The smallest absolute Gasteiger partial charge is 0.271 e. The molecule has 2 aromatic rings. The molecule has 1 N–H and O–H groups in total. The summed E-state index contributed by atoms with van der Waals surface area (Å²) in [5, 5.41) is 0. The van der Waals surface area contributed by atoms with Crippen LogP contribution in [-0.2, 0) is 0 Å². The summed E-state index contributed by atoms with van der Waals surface area (Å²) in [4.78, 5) is 30.0. The van der Waals surface area contributed by atoms with Crippen LogP contribution in [0, 0.1) is 20.8 Å². The summed E-state index contributed by atoms with van der Waals surface area (Å²) in [6.07, 6.45) is 1.98. The number of carbonyl (C=O) groups excluding carboxylic acids is 2. The van der Waals surface area contributed by atoms with Crippen molar-refractivity contribution in [3.05, 3.63) is 57.9 Å². The second kappa shape index (κ2) is 6.27. The first kappa shape index (κ1) is 16.5. The number of benzene rings is 1. The molecule has 0 aliphatic carbocycles. The summed E-state index contributed by atoms with van der Waals surface area (Å²) in [7, 11) is 0. The van der Waals surface area contributed by atoms with Crippen LogP contribution in [0.1, 0.15) is 69.0 Å². The van der Waals surface area contributed by atoms with Crippen molar-refractivity contribution in [1.29, 1.82) is 0 Å². The minimum absolute atomic E-state index is 0.00296. The average molecular weight is 324 g/mol. The Bertz CT molecular complexity index is 787. The Morgan fingerprint density at radius 1 is 1.12 bits per heavy atom. The van der Waals surface area contributed by atoms with Gasteiger partial charge in [0.25, 0.3) is 5.91 Å². The van der Waals surface area contributed by atoms with Gasteiger partial charge in [-0.05, 0) is 51.7 Å². The zero-order valence-electron chi connectivity index (χ0n) is 14.8. The van der Waals surface area contributed by atoms with Crippen LogP contribution >= 0.6 is 0 Å². The minimum Gasteiger partial charge on any atom is -0.354 e. The number of aromatic amines is 1. The summed E-state index contributed by atoms with van der Waals surface area (Å²) in [6, 6.07) is 8.52. The van der Waals surface area contributed by atoms with Gasteiger partial charge in [-0.25, -0.2) is 0 Å². The summed E-state index contributed by atoms with van der Waals surface area (Å²) >= 11 is 0. The van der Waals surface area contributed by atoms with Gasteiger partial charge >= 0.3 is 0 Å². The standard InChI is InChI=1S/C20H24N2O2/c1-12-7-9-16(10-8-12)17-6-5-11-22(17)20(24)19-13(2)18(15(4)23)14(3)21-19/h7-10,17,21H,5-6,11H2,1-4H3. The van der Waals surface area contributed by atoms with Crippen molar-refractivity contribution in [1.82, 2.24) is 9.88 Å². The Morgan fingerprint density at radius 2 is 1.79 bits per heavy atom. The highest BCUT2D eigenvalue weighted by atomic mass is 16.2. The van der Waals surface area contributed by atoms with E-state index in [0.717, 1.165) is 30.6 Å². The molecular formula is C20H24N2O2. The highest BCUT2D eigenvalue weighted by Gasteiger charge is 2.33. The number of likely N-dealkylation sites (tertiary alicyclic amines) is 1. The van der Waals surface area contributed by atoms with Crippen LogP contribution in [-0.4, -0.2) is 28.1 Å². The highest BCUT2D eigenvalue weighted by molar-refractivity contribution is 6.02.